The Labute approximate surface area is 180 Å². The molecule has 0 saturated heterocycles. The molecule has 0 unspecified atom stereocenters. The van der Waals surface area contributed by atoms with Crippen LogP contribution in [0.25, 0.3) is 0 Å². The number of amides is 1. The van der Waals surface area contributed by atoms with Gasteiger partial charge in [-0.05, 0) is 48.9 Å². The molecule has 9 heteroatoms. The minimum absolute atomic E-state index is 0.257. The van der Waals surface area contributed by atoms with E-state index >= 15 is 0 Å². The minimum atomic E-state index is -0.609. The van der Waals surface area contributed by atoms with Crippen LogP contribution in [-0.4, -0.2) is 40.3 Å². The highest BCUT2D eigenvalue weighted by Crippen LogP contribution is 2.42. The number of aryl methyl sites for hydroxylation is 2. The molecule has 0 fully saturated rings. The normalized spacial score (nSPS) is 15.2. The average Bonchev–Trinajstić information content (AvgIpc) is 3.21. The molecule has 0 saturated carbocycles. The molecular formula is C22H24N6O3. The van der Waals surface area contributed by atoms with Crippen molar-refractivity contribution in [2.24, 2.45) is 0 Å². The van der Waals surface area contributed by atoms with Crippen LogP contribution in [0.3, 0.4) is 0 Å². The van der Waals surface area contributed by atoms with Crippen LogP contribution in [0.1, 0.15) is 29.7 Å². The summed E-state index contributed by atoms with van der Waals surface area (Å²) in [6, 6.07) is 10.8. The van der Waals surface area contributed by atoms with Gasteiger partial charge in [0.05, 0.1) is 19.8 Å². The number of benzene rings is 2. The van der Waals surface area contributed by atoms with Crippen molar-refractivity contribution in [3.05, 3.63) is 64.4 Å². The molecule has 1 amide bonds. The lowest BCUT2D eigenvalue weighted by Crippen LogP contribution is -2.32. The summed E-state index contributed by atoms with van der Waals surface area (Å²) in [5.41, 5.74) is 4.69. The van der Waals surface area contributed by atoms with Gasteiger partial charge in [-0.1, -0.05) is 34.9 Å². The highest BCUT2D eigenvalue weighted by molar-refractivity contribution is 6.06. The van der Waals surface area contributed by atoms with Crippen molar-refractivity contribution in [2.75, 3.05) is 24.9 Å². The van der Waals surface area contributed by atoms with Crippen molar-refractivity contribution in [1.82, 2.24) is 20.2 Å². The molecule has 0 spiro atoms. The molecule has 1 atom stereocenters. The van der Waals surface area contributed by atoms with Crippen LogP contribution in [0.15, 0.2) is 47.7 Å². The molecule has 160 valence electrons. The highest BCUT2D eigenvalue weighted by Gasteiger charge is 2.36. The van der Waals surface area contributed by atoms with Gasteiger partial charge in [0.15, 0.2) is 11.5 Å². The Morgan fingerprint density at radius 3 is 2.65 bits per heavy atom. The first kappa shape index (κ1) is 20.4. The monoisotopic (exact) mass is 420 g/mol. The molecule has 4 rings (SSSR count). The van der Waals surface area contributed by atoms with E-state index in [4.69, 9.17) is 9.47 Å². The van der Waals surface area contributed by atoms with Gasteiger partial charge in [-0.3, -0.25) is 4.79 Å². The standard InChI is InChI=1S/C22H24N6O3/c1-12-9-10-16(13(2)11-12)24-21(29)18-14(3)23-22-25-26-27-28(22)19(18)15-7-6-8-17(30-4)20(15)31-5/h6-11,19H,1-5H3,(H,24,29)(H,23,25,27)/t19-/m0/s1. The fourth-order valence-corrected chi connectivity index (χ4v) is 3.86. The van der Waals surface area contributed by atoms with Crippen LogP contribution in [0.4, 0.5) is 11.6 Å². The van der Waals surface area contributed by atoms with Crippen molar-refractivity contribution < 1.29 is 14.3 Å². The van der Waals surface area contributed by atoms with Gasteiger partial charge in [0.25, 0.3) is 5.91 Å². The fraction of sp³-hybridized carbons (Fsp3) is 0.273. The number of allylic oxidation sites excluding steroid dienone is 1. The van der Waals surface area contributed by atoms with E-state index in [1.807, 2.05) is 51.1 Å². The number of para-hydroxylation sites is 1. The quantitative estimate of drug-likeness (QED) is 0.653. The molecule has 2 N–H and O–H groups in total. The van der Waals surface area contributed by atoms with Crippen LogP contribution >= 0.6 is 0 Å². The summed E-state index contributed by atoms with van der Waals surface area (Å²) in [6.07, 6.45) is 0. The number of nitrogens with zero attached hydrogens (tertiary/aromatic N) is 4. The number of tetrazole rings is 1. The van der Waals surface area contributed by atoms with E-state index in [1.165, 1.54) is 0 Å². The van der Waals surface area contributed by atoms with Gasteiger partial charge in [0, 0.05) is 16.9 Å². The van der Waals surface area contributed by atoms with Crippen LogP contribution in [0.5, 0.6) is 11.5 Å². The first-order valence-electron chi connectivity index (χ1n) is 9.79. The van der Waals surface area contributed by atoms with Crippen molar-refractivity contribution in [1.29, 1.82) is 0 Å². The number of ether oxygens (including phenoxy) is 2. The predicted octanol–water partition coefficient (Wildman–Crippen LogP) is 3.23. The Bertz CT molecular complexity index is 1180. The van der Waals surface area contributed by atoms with Gasteiger partial charge in [0.2, 0.25) is 5.95 Å². The number of hydrogen-bond donors (Lipinski definition) is 2. The summed E-state index contributed by atoms with van der Waals surface area (Å²) in [7, 11) is 3.14. The van der Waals surface area contributed by atoms with E-state index in [9.17, 15) is 4.79 Å². The lowest BCUT2D eigenvalue weighted by Gasteiger charge is -2.29. The Morgan fingerprint density at radius 2 is 1.94 bits per heavy atom. The van der Waals surface area contributed by atoms with Gasteiger partial charge in [0.1, 0.15) is 6.04 Å². The summed E-state index contributed by atoms with van der Waals surface area (Å²) in [4.78, 5) is 13.5. The number of anilines is 2. The van der Waals surface area contributed by atoms with E-state index in [2.05, 4.69) is 26.2 Å². The third-order valence-corrected chi connectivity index (χ3v) is 5.32. The third-order valence-electron chi connectivity index (χ3n) is 5.32. The van der Waals surface area contributed by atoms with Gasteiger partial charge in [-0.2, -0.15) is 4.68 Å². The highest BCUT2D eigenvalue weighted by atomic mass is 16.5. The molecule has 1 aromatic heterocycles. The number of rotatable bonds is 5. The van der Waals surface area contributed by atoms with Gasteiger partial charge in [-0.25, -0.2) is 0 Å². The largest absolute Gasteiger partial charge is 0.493 e. The molecule has 2 heterocycles. The molecule has 2 aromatic carbocycles. The maximum Gasteiger partial charge on any atom is 0.255 e. The van der Waals surface area contributed by atoms with E-state index in [0.29, 0.717) is 34.3 Å². The number of carbonyl (C=O) groups excluding carboxylic acids is 1. The van der Waals surface area contributed by atoms with E-state index in [-0.39, 0.29) is 5.91 Å². The van der Waals surface area contributed by atoms with E-state index < -0.39 is 6.04 Å². The zero-order valence-electron chi connectivity index (χ0n) is 18.1. The molecule has 1 aliphatic rings. The number of aromatic nitrogens is 4. The number of carbonyl (C=O) groups is 1. The predicted molar refractivity (Wildman–Crippen MR) is 116 cm³/mol. The number of hydrogen-bond acceptors (Lipinski definition) is 7. The Balaban J connectivity index is 1.83. The maximum atomic E-state index is 13.5. The Hall–Kier alpha value is -3.88. The van der Waals surface area contributed by atoms with E-state index in [0.717, 1.165) is 16.8 Å². The second kappa shape index (κ2) is 8.10. The molecule has 9 nitrogen and oxygen atoms in total. The second-order valence-electron chi connectivity index (χ2n) is 7.37. The fourth-order valence-electron chi connectivity index (χ4n) is 3.86. The third kappa shape index (κ3) is 3.58. The topological polar surface area (TPSA) is 103 Å². The Morgan fingerprint density at radius 1 is 1.13 bits per heavy atom. The summed E-state index contributed by atoms with van der Waals surface area (Å²) in [5.74, 6) is 1.26. The maximum absolute atomic E-state index is 13.5. The minimum Gasteiger partial charge on any atom is -0.493 e. The van der Waals surface area contributed by atoms with Crippen molar-refractivity contribution in [3.63, 3.8) is 0 Å². The SMILES string of the molecule is COc1cccc([C@H]2C(C(=O)Nc3ccc(C)cc3C)=C(C)Nc3nnnn32)c1OC. The van der Waals surface area contributed by atoms with Gasteiger partial charge < -0.3 is 20.1 Å². The van der Waals surface area contributed by atoms with Gasteiger partial charge in [-0.15, -0.1) is 0 Å². The average molecular weight is 420 g/mol. The lowest BCUT2D eigenvalue weighted by molar-refractivity contribution is -0.113. The molecule has 3 aromatic rings. The number of nitrogens with one attached hydrogen (secondary N) is 2. The summed E-state index contributed by atoms with van der Waals surface area (Å²) in [6.45, 7) is 5.81. The lowest BCUT2D eigenvalue weighted by atomic mass is 9.93. The molecule has 0 bridgehead atoms. The molecule has 0 aliphatic carbocycles. The molecule has 0 radical (unpaired) electrons. The summed E-state index contributed by atoms with van der Waals surface area (Å²) < 4.78 is 12.7. The van der Waals surface area contributed by atoms with Crippen molar-refractivity contribution >= 4 is 17.5 Å². The van der Waals surface area contributed by atoms with Gasteiger partial charge >= 0.3 is 0 Å². The van der Waals surface area contributed by atoms with E-state index in [1.54, 1.807) is 25.0 Å². The second-order valence-corrected chi connectivity index (χ2v) is 7.37. The van der Waals surface area contributed by atoms with Crippen LogP contribution in [0, 0.1) is 13.8 Å². The van der Waals surface area contributed by atoms with Crippen molar-refractivity contribution in [2.45, 2.75) is 26.8 Å². The first-order chi connectivity index (χ1) is 14.9. The van der Waals surface area contributed by atoms with Crippen LogP contribution in [0.2, 0.25) is 0 Å². The smallest absolute Gasteiger partial charge is 0.255 e. The van der Waals surface area contributed by atoms with Crippen molar-refractivity contribution in [3.8, 4) is 11.5 Å². The first-order valence-corrected chi connectivity index (χ1v) is 9.79. The summed E-state index contributed by atoms with van der Waals surface area (Å²) >= 11 is 0. The molecule has 1 aliphatic heterocycles. The van der Waals surface area contributed by atoms with Crippen LogP contribution in [-0.2, 0) is 4.79 Å². The zero-order valence-corrected chi connectivity index (χ0v) is 18.1. The summed E-state index contributed by atoms with van der Waals surface area (Å²) in [5, 5.41) is 18.1. The number of fused-ring (bicyclic) bond motifs is 1. The molecule has 31 heavy (non-hydrogen) atoms. The molecular weight excluding hydrogens is 396 g/mol. The number of methoxy groups -OCH3 is 2. The zero-order chi connectivity index (χ0) is 22.1. The van der Waals surface area contributed by atoms with Crippen LogP contribution < -0.4 is 20.1 Å². The Kier molecular flexibility index (Phi) is 5.33.